The van der Waals surface area contributed by atoms with Crippen LogP contribution in [0, 0.1) is 0 Å². The molecule has 9 heteroatoms. The van der Waals surface area contributed by atoms with Gasteiger partial charge >= 0.3 is 6.09 Å². The number of ether oxygens (including phenoxy) is 1. The summed E-state index contributed by atoms with van der Waals surface area (Å²) < 4.78 is 10.7. The fraction of sp³-hybridized carbons (Fsp3) is 0.429. The predicted molar refractivity (Wildman–Crippen MR) is 146 cm³/mol. The molecule has 3 aromatic rings. The molecule has 1 aromatic heterocycles. The second-order valence-electron chi connectivity index (χ2n) is 9.18. The van der Waals surface area contributed by atoms with E-state index < -0.39 is 6.09 Å². The molecule has 198 valence electrons. The molecule has 0 saturated carbocycles. The average Bonchev–Trinajstić information content (AvgIpc) is 3.34. The number of benzene rings is 2. The Labute approximate surface area is 224 Å². The lowest BCUT2D eigenvalue weighted by molar-refractivity contribution is 0.136. The van der Waals surface area contributed by atoms with Crippen molar-refractivity contribution in [2.75, 3.05) is 6.54 Å². The van der Waals surface area contributed by atoms with Gasteiger partial charge < -0.3 is 19.9 Å². The number of likely N-dealkylation sites (tertiary alicyclic amines) is 1. The third-order valence-electron chi connectivity index (χ3n) is 6.48. The van der Waals surface area contributed by atoms with E-state index in [9.17, 15) is 4.79 Å². The molecule has 2 N–H and O–H groups in total. The highest BCUT2D eigenvalue weighted by molar-refractivity contribution is 5.89. The monoisotopic (exact) mass is 525 g/mol. The lowest BCUT2D eigenvalue weighted by atomic mass is 10.0. The maximum absolute atomic E-state index is 12.1. The van der Waals surface area contributed by atoms with Gasteiger partial charge in [0.05, 0.1) is 0 Å². The van der Waals surface area contributed by atoms with Crippen molar-refractivity contribution < 1.29 is 14.1 Å². The van der Waals surface area contributed by atoms with Crippen molar-refractivity contribution in [1.82, 2.24) is 15.0 Å². The van der Waals surface area contributed by atoms with Crippen molar-refractivity contribution >= 4 is 24.5 Å². The minimum atomic E-state index is -0.728. The number of hydrogen-bond acceptors (Lipinski definition) is 5. The van der Waals surface area contributed by atoms with Crippen LogP contribution in [-0.2, 0) is 17.8 Å². The number of aryl methyl sites for hydroxylation is 1. The number of nitrogens with zero attached hydrogens (tertiary/aromatic N) is 4. The van der Waals surface area contributed by atoms with E-state index in [0.717, 1.165) is 24.0 Å². The summed E-state index contributed by atoms with van der Waals surface area (Å²) in [6.07, 6.45) is 8.92. The zero-order chi connectivity index (χ0) is 25.2. The Balaban J connectivity index is 0.00000380. The van der Waals surface area contributed by atoms with Crippen molar-refractivity contribution in [3.63, 3.8) is 0 Å². The molecule has 1 fully saturated rings. The minimum absolute atomic E-state index is 0. The third-order valence-corrected chi connectivity index (χ3v) is 6.48. The van der Waals surface area contributed by atoms with Gasteiger partial charge in [-0.05, 0) is 30.4 Å². The number of hydrogen-bond donors (Lipinski definition) is 1. The molecule has 0 unspecified atom stereocenters. The summed E-state index contributed by atoms with van der Waals surface area (Å²) in [5.74, 6) is 1.09. The summed E-state index contributed by atoms with van der Waals surface area (Å²) in [7, 11) is 0. The first kappa shape index (κ1) is 28.2. The standard InChI is InChI=1S/C28H35N5O3.ClH/c1-2-3-4-5-6-8-11-21-14-16-23(17-15-21)25-30-26(36-32-25)24-18-19-33(24)27(29)31-28(34)35-20-22-12-9-7-10-13-22;/h7,9-10,12-17,24H,2-6,8,11,18-20H2,1H3,(H2,29,31,34);1H/t24-;/m0./s1. The molecule has 1 aliphatic heterocycles. The fourth-order valence-electron chi connectivity index (χ4n) is 4.25. The first-order chi connectivity index (χ1) is 17.6. The molecule has 4 rings (SSSR count). The summed E-state index contributed by atoms with van der Waals surface area (Å²) in [5.41, 5.74) is 9.19. The molecule has 0 bridgehead atoms. The van der Waals surface area contributed by atoms with Gasteiger partial charge in [-0.25, -0.2) is 4.79 Å². The van der Waals surface area contributed by atoms with Gasteiger partial charge in [-0.1, -0.05) is 98.8 Å². The Hall–Kier alpha value is -3.39. The number of aliphatic imine (C=N–C) groups is 1. The molecular weight excluding hydrogens is 490 g/mol. The van der Waals surface area contributed by atoms with Gasteiger partial charge in [-0.3, -0.25) is 0 Å². The van der Waals surface area contributed by atoms with Crippen LogP contribution >= 0.6 is 12.4 Å². The molecule has 0 spiro atoms. The van der Waals surface area contributed by atoms with E-state index in [1.54, 1.807) is 4.90 Å². The quantitative estimate of drug-likeness (QED) is 0.174. The first-order valence-corrected chi connectivity index (χ1v) is 12.9. The number of rotatable bonds is 11. The lowest BCUT2D eigenvalue weighted by Crippen LogP contribution is -2.49. The first-order valence-electron chi connectivity index (χ1n) is 12.9. The summed E-state index contributed by atoms with van der Waals surface area (Å²) in [4.78, 5) is 22.3. The third kappa shape index (κ3) is 8.05. The molecule has 0 radical (unpaired) electrons. The molecule has 2 heterocycles. The van der Waals surface area contributed by atoms with Gasteiger partial charge in [0.25, 0.3) is 0 Å². The Kier molecular flexibility index (Phi) is 11.0. The maximum atomic E-state index is 12.1. The van der Waals surface area contributed by atoms with Crippen molar-refractivity contribution in [3.05, 3.63) is 71.6 Å². The Morgan fingerprint density at radius 3 is 2.49 bits per heavy atom. The Bertz CT molecular complexity index is 1130. The molecule has 2 aromatic carbocycles. The van der Waals surface area contributed by atoms with Crippen molar-refractivity contribution in [2.45, 2.75) is 70.9 Å². The van der Waals surface area contributed by atoms with E-state index in [4.69, 9.17) is 15.0 Å². The SMILES string of the molecule is CCCCCCCCc1ccc(-c2noc([C@@H]3CCN3/C(N)=N/C(=O)OCc3ccccc3)n2)cc1.Cl. The Morgan fingerprint density at radius 2 is 1.78 bits per heavy atom. The number of amides is 1. The number of unbranched alkanes of at least 4 members (excludes halogenated alkanes) is 5. The molecule has 37 heavy (non-hydrogen) atoms. The number of guanidine groups is 1. The van der Waals surface area contributed by atoms with E-state index in [0.29, 0.717) is 18.3 Å². The normalized spacial score (nSPS) is 15.1. The minimum Gasteiger partial charge on any atom is -0.443 e. The topological polar surface area (TPSA) is 107 Å². The van der Waals surface area contributed by atoms with Crippen LogP contribution < -0.4 is 5.73 Å². The highest BCUT2D eigenvalue weighted by Crippen LogP contribution is 2.33. The van der Waals surface area contributed by atoms with Crippen LogP contribution in [0.15, 0.2) is 64.1 Å². The van der Waals surface area contributed by atoms with Gasteiger partial charge in [0.2, 0.25) is 17.7 Å². The van der Waals surface area contributed by atoms with Crippen LogP contribution in [0.2, 0.25) is 0 Å². The second kappa shape index (κ2) is 14.4. The Morgan fingerprint density at radius 1 is 1.05 bits per heavy atom. The molecule has 8 nitrogen and oxygen atoms in total. The number of carbonyl (C=O) groups is 1. The van der Waals surface area contributed by atoms with E-state index in [2.05, 4.69) is 34.2 Å². The smallest absolute Gasteiger partial charge is 0.437 e. The maximum Gasteiger partial charge on any atom is 0.437 e. The van der Waals surface area contributed by atoms with Gasteiger partial charge in [0.15, 0.2) is 0 Å². The average molecular weight is 526 g/mol. The van der Waals surface area contributed by atoms with Crippen LogP contribution in [0.3, 0.4) is 0 Å². The van der Waals surface area contributed by atoms with Gasteiger partial charge in [-0.2, -0.15) is 4.98 Å². The number of aromatic nitrogens is 2. The summed E-state index contributed by atoms with van der Waals surface area (Å²) in [6, 6.07) is 17.6. The molecule has 1 amide bonds. The van der Waals surface area contributed by atoms with E-state index in [1.807, 2.05) is 42.5 Å². The van der Waals surface area contributed by atoms with Crippen LogP contribution in [0.4, 0.5) is 4.79 Å². The zero-order valence-corrected chi connectivity index (χ0v) is 22.2. The molecule has 1 saturated heterocycles. The fourth-order valence-corrected chi connectivity index (χ4v) is 4.25. The van der Waals surface area contributed by atoms with Crippen molar-refractivity contribution in [1.29, 1.82) is 0 Å². The molecule has 1 atom stereocenters. The summed E-state index contributed by atoms with van der Waals surface area (Å²) in [5, 5.41) is 4.16. The van der Waals surface area contributed by atoms with Crippen LogP contribution in [0.1, 0.15) is 74.9 Å². The summed E-state index contributed by atoms with van der Waals surface area (Å²) in [6.45, 7) is 3.04. The second-order valence-corrected chi connectivity index (χ2v) is 9.18. The summed E-state index contributed by atoms with van der Waals surface area (Å²) >= 11 is 0. The van der Waals surface area contributed by atoms with Crippen molar-refractivity contribution in [2.24, 2.45) is 10.7 Å². The van der Waals surface area contributed by atoms with Gasteiger partial charge in [-0.15, -0.1) is 17.4 Å². The van der Waals surface area contributed by atoms with Gasteiger partial charge in [0, 0.05) is 12.1 Å². The number of carbonyl (C=O) groups excluding carboxylic acids is 1. The largest absolute Gasteiger partial charge is 0.443 e. The highest BCUT2D eigenvalue weighted by atomic mass is 35.5. The van der Waals surface area contributed by atoms with E-state index >= 15 is 0 Å². The molecule has 1 aliphatic rings. The van der Waals surface area contributed by atoms with Crippen LogP contribution in [0.5, 0.6) is 0 Å². The molecular formula is C28H36ClN5O3. The molecule has 0 aliphatic carbocycles. The predicted octanol–water partition coefficient (Wildman–Crippen LogP) is 6.46. The van der Waals surface area contributed by atoms with Crippen LogP contribution in [0.25, 0.3) is 11.4 Å². The highest BCUT2D eigenvalue weighted by Gasteiger charge is 2.36. The van der Waals surface area contributed by atoms with Crippen LogP contribution in [-0.4, -0.2) is 33.6 Å². The van der Waals surface area contributed by atoms with Gasteiger partial charge in [0.1, 0.15) is 12.6 Å². The zero-order valence-electron chi connectivity index (χ0n) is 21.3. The lowest BCUT2D eigenvalue weighted by Gasteiger charge is -2.38. The van der Waals surface area contributed by atoms with E-state index in [-0.39, 0.29) is 31.0 Å². The number of halogens is 1. The van der Waals surface area contributed by atoms with Crippen molar-refractivity contribution in [3.8, 4) is 11.4 Å². The number of nitrogens with two attached hydrogens (primary N) is 1. The van der Waals surface area contributed by atoms with E-state index in [1.165, 1.54) is 44.1 Å².